The van der Waals surface area contributed by atoms with Crippen LogP contribution < -0.4 is 0 Å². The van der Waals surface area contributed by atoms with E-state index in [9.17, 15) is 15.3 Å². The maximum Gasteiger partial charge on any atom is 0.106 e. The van der Waals surface area contributed by atoms with Gasteiger partial charge in [-0.2, -0.15) is 0 Å². The molecule has 3 unspecified atom stereocenters. The van der Waals surface area contributed by atoms with Crippen LogP contribution in [0.15, 0.2) is 0 Å². The molecule has 0 aromatic carbocycles. The van der Waals surface area contributed by atoms with Crippen molar-refractivity contribution >= 4 is 0 Å². The Morgan fingerprint density at radius 3 is 1.85 bits per heavy atom. The van der Waals surface area contributed by atoms with Crippen LogP contribution in [0.1, 0.15) is 40.0 Å². The van der Waals surface area contributed by atoms with Crippen molar-refractivity contribution < 1.29 is 15.3 Å². The van der Waals surface area contributed by atoms with Crippen LogP contribution in [-0.4, -0.2) is 33.6 Å². The summed E-state index contributed by atoms with van der Waals surface area (Å²) < 4.78 is 0. The van der Waals surface area contributed by atoms with Gasteiger partial charge in [0, 0.05) is 0 Å². The Morgan fingerprint density at radius 1 is 0.923 bits per heavy atom. The summed E-state index contributed by atoms with van der Waals surface area (Å²) in [7, 11) is 0. The molecule has 3 atom stereocenters. The minimum absolute atomic E-state index is 0.472. The third-order valence-electron chi connectivity index (χ3n) is 2.25. The smallest absolute Gasteiger partial charge is 0.106 e. The third-order valence-corrected chi connectivity index (χ3v) is 2.25. The molecule has 13 heavy (non-hydrogen) atoms. The highest BCUT2D eigenvalue weighted by Crippen LogP contribution is 2.12. The van der Waals surface area contributed by atoms with E-state index in [1.807, 2.05) is 0 Å². The molecule has 0 fully saturated rings. The highest BCUT2D eigenvalue weighted by molar-refractivity contribution is 4.74. The van der Waals surface area contributed by atoms with Crippen LogP contribution in [0.4, 0.5) is 0 Å². The summed E-state index contributed by atoms with van der Waals surface area (Å²) in [6, 6.07) is 0. The van der Waals surface area contributed by atoms with E-state index in [-0.39, 0.29) is 0 Å². The lowest BCUT2D eigenvalue weighted by atomic mass is 9.98. The van der Waals surface area contributed by atoms with Crippen molar-refractivity contribution in [1.82, 2.24) is 0 Å². The van der Waals surface area contributed by atoms with Gasteiger partial charge in [0.05, 0.1) is 12.2 Å². The van der Waals surface area contributed by atoms with E-state index in [1.165, 1.54) is 0 Å². The van der Waals surface area contributed by atoms with Crippen LogP contribution in [0.5, 0.6) is 0 Å². The quantitative estimate of drug-likeness (QED) is 0.583. The third kappa shape index (κ3) is 5.24. The van der Waals surface area contributed by atoms with Crippen molar-refractivity contribution in [3.8, 4) is 0 Å². The zero-order valence-corrected chi connectivity index (χ0v) is 8.77. The summed E-state index contributed by atoms with van der Waals surface area (Å²) in [5.74, 6) is 0.514. The lowest BCUT2D eigenvalue weighted by Crippen LogP contribution is -2.37. The van der Waals surface area contributed by atoms with Gasteiger partial charge in [0.15, 0.2) is 0 Å². The van der Waals surface area contributed by atoms with Gasteiger partial charge in [-0.15, -0.1) is 0 Å². The number of hydrogen-bond acceptors (Lipinski definition) is 3. The fourth-order valence-corrected chi connectivity index (χ4v) is 1.17. The minimum atomic E-state index is -0.997. The summed E-state index contributed by atoms with van der Waals surface area (Å²) in [6.45, 7) is 5.91. The Bertz CT molecular complexity index is 125. The number of hydrogen-bond donors (Lipinski definition) is 3. The zero-order valence-electron chi connectivity index (χ0n) is 8.77. The molecular formula is C10H22O3. The molecule has 0 aliphatic rings. The van der Waals surface area contributed by atoms with Gasteiger partial charge in [0.2, 0.25) is 0 Å². The maximum atomic E-state index is 9.46. The topological polar surface area (TPSA) is 60.7 Å². The van der Waals surface area contributed by atoms with Gasteiger partial charge < -0.3 is 15.3 Å². The number of aliphatic hydroxyl groups is 3. The minimum Gasteiger partial charge on any atom is -0.390 e. The molecule has 0 rings (SSSR count). The second-order valence-corrected chi connectivity index (χ2v) is 4.00. The van der Waals surface area contributed by atoms with Crippen molar-refractivity contribution in [1.29, 1.82) is 0 Å². The fraction of sp³-hybridized carbons (Fsp3) is 1.00. The molecule has 3 N–H and O–H groups in total. The summed E-state index contributed by atoms with van der Waals surface area (Å²) in [4.78, 5) is 0. The molecule has 3 heteroatoms. The average Bonchev–Trinajstić information content (AvgIpc) is 2.11. The first-order valence-electron chi connectivity index (χ1n) is 5.03. The van der Waals surface area contributed by atoms with Gasteiger partial charge in [-0.05, 0) is 25.2 Å². The van der Waals surface area contributed by atoms with Crippen LogP contribution in [0, 0.1) is 5.92 Å². The molecular weight excluding hydrogens is 168 g/mol. The van der Waals surface area contributed by atoms with Crippen LogP contribution >= 0.6 is 0 Å². The van der Waals surface area contributed by atoms with Crippen molar-refractivity contribution in [2.24, 2.45) is 5.92 Å². The molecule has 0 aromatic rings. The predicted molar refractivity (Wildman–Crippen MR) is 52.4 cm³/mol. The van der Waals surface area contributed by atoms with Gasteiger partial charge >= 0.3 is 0 Å². The SMILES string of the molecule is CCC(O)C(O)C(O)CCC(C)C. The van der Waals surface area contributed by atoms with Crippen LogP contribution in [-0.2, 0) is 0 Å². The molecule has 0 spiro atoms. The van der Waals surface area contributed by atoms with Gasteiger partial charge in [0.1, 0.15) is 6.10 Å². The molecule has 0 radical (unpaired) electrons. The Morgan fingerprint density at radius 2 is 1.46 bits per heavy atom. The molecule has 0 aromatic heterocycles. The maximum absolute atomic E-state index is 9.46. The van der Waals surface area contributed by atoms with Crippen molar-refractivity contribution in [2.45, 2.75) is 58.3 Å². The number of aliphatic hydroxyl groups excluding tert-OH is 3. The molecule has 3 nitrogen and oxygen atoms in total. The second-order valence-electron chi connectivity index (χ2n) is 4.00. The van der Waals surface area contributed by atoms with E-state index >= 15 is 0 Å². The molecule has 0 aliphatic carbocycles. The van der Waals surface area contributed by atoms with Gasteiger partial charge in [-0.1, -0.05) is 20.8 Å². The Kier molecular flexibility index (Phi) is 6.29. The first-order chi connectivity index (χ1) is 5.99. The lowest BCUT2D eigenvalue weighted by molar-refractivity contribution is -0.0637. The monoisotopic (exact) mass is 190 g/mol. The van der Waals surface area contributed by atoms with Crippen molar-refractivity contribution in [3.05, 3.63) is 0 Å². The van der Waals surface area contributed by atoms with Gasteiger partial charge in [-0.3, -0.25) is 0 Å². The zero-order chi connectivity index (χ0) is 10.4. The fourth-order valence-electron chi connectivity index (χ4n) is 1.17. The van der Waals surface area contributed by atoms with E-state index < -0.39 is 18.3 Å². The lowest BCUT2D eigenvalue weighted by Gasteiger charge is -2.22. The summed E-state index contributed by atoms with van der Waals surface area (Å²) >= 11 is 0. The molecule has 0 heterocycles. The van der Waals surface area contributed by atoms with E-state index in [4.69, 9.17) is 0 Å². The molecule has 0 saturated carbocycles. The molecule has 0 saturated heterocycles. The first-order valence-corrected chi connectivity index (χ1v) is 5.03. The molecule has 80 valence electrons. The van der Waals surface area contributed by atoms with Crippen LogP contribution in [0.3, 0.4) is 0 Å². The average molecular weight is 190 g/mol. The summed E-state index contributed by atoms with van der Waals surface area (Å²) in [5.41, 5.74) is 0. The molecule has 0 bridgehead atoms. The summed E-state index contributed by atoms with van der Waals surface area (Å²) in [6.07, 6.45) is -0.701. The summed E-state index contributed by atoms with van der Waals surface area (Å²) in [5, 5.41) is 28.1. The Balaban J connectivity index is 3.74. The van der Waals surface area contributed by atoms with E-state index in [2.05, 4.69) is 13.8 Å². The van der Waals surface area contributed by atoms with E-state index in [0.717, 1.165) is 6.42 Å². The second kappa shape index (κ2) is 6.35. The normalized spacial score (nSPS) is 18.7. The predicted octanol–water partition coefficient (Wildman–Crippen LogP) is 0.915. The first kappa shape index (κ1) is 12.9. The van der Waals surface area contributed by atoms with Crippen LogP contribution in [0.2, 0.25) is 0 Å². The number of rotatable bonds is 6. The highest BCUT2D eigenvalue weighted by atomic mass is 16.4. The van der Waals surface area contributed by atoms with Gasteiger partial charge in [-0.25, -0.2) is 0 Å². The standard InChI is InChI=1S/C10H22O3/c1-4-8(11)10(13)9(12)6-5-7(2)3/h7-13H,4-6H2,1-3H3. The van der Waals surface area contributed by atoms with Crippen molar-refractivity contribution in [2.75, 3.05) is 0 Å². The van der Waals surface area contributed by atoms with Crippen molar-refractivity contribution in [3.63, 3.8) is 0 Å². The molecule has 0 amide bonds. The van der Waals surface area contributed by atoms with Crippen LogP contribution in [0.25, 0.3) is 0 Å². The highest BCUT2D eigenvalue weighted by Gasteiger charge is 2.22. The molecule has 0 aliphatic heterocycles. The van der Waals surface area contributed by atoms with E-state index in [1.54, 1.807) is 6.92 Å². The van der Waals surface area contributed by atoms with Gasteiger partial charge in [0.25, 0.3) is 0 Å². The largest absolute Gasteiger partial charge is 0.390 e. The Labute approximate surface area is 80.4 Å². The Hall–Kier alpha value is -0.120. The van der Waals surface area contributed by atoms with E-state index in [0.29, 0.717) is 18.8 Å².